The van der Waals surface area contributed by atoms with Gasteiger partial charge in [-0.2, -0.15) is 0 Å². The minimum absolute atomic E-state index is 0.0420. The van der Waals surface area contributed by atoms with E-state index in [1.165, 1.54) is 77.0 Å². The molecule has 0 bridgehead atoms. The van der Waals surface area contributed by atoms with Gasteiger partial charge in [-0.25, -0.2) is 0 Å². The van der Waals surface area contributed by atoms with Gasteiger partial charge < -0.3 is 31.9 Å². The van der Waals surface area contributed by atoms with Crippen molar-refractivity contribution in [3.8, 4) is 0 Å². The summed E-state index contributed by atoms with van der Waals surface area (Å²) < 4.78 is 0. The van der Waals surface area contributed by atoms with Crippen LogP contribution in [0.3, 0.4) is 0 Å². The molecule has 4 saturated carbocycles. The van der Waals surface area contributed by atoms with Gasteiger partial charge in [0.05, 0.1) is 0 Å². The summed E-state index contributed by atoms with van der Waals surface area (Å²) >= 11 is 8.49. The molecule has 4 aliphatic carbocycles. The molecule has 0 radical (unpaired) electrons. The molecule has 0 aliphatic heterocycles. The lowest BCUT2D eigenvalue weighted by Crippen LogP contribution is -2.38. The Bertz CT molecular complexity index is 1690. The summed E-state index contributed by atoms with van der Waals surface area (Å²) in [6.45, 7) is 24.1. The molecule has 0 spiro atoms. The van der Waals surface area contributed by atoms with Gasteiger partial charge in [0, 0.05) is 68.8 Å². The maximum Gasteiger partial charge on any atom is 0.279 e. The van der Waals surface area contributed by atoms with Crippen molar-refractivity contribution in [2.24, 2.45) is 47.3 Å². The van der Waals surface area contributed by atoms with Gasteiger partial charge >= 0.3 is 0 Å². The van der Waals surface area contributed by atoms with Crippen LogP contribution in [0.25, 0.3) is 0 Å². The number of carbonyl (C=O) groups is 6. The van der Waals surface area contributed by atoms with Crippen molar-refractivity contribution in [1.82, 2.24) is 31.9 Å². The van der Waals surface area contributed by atoms with Crippen molar-refractivity contribution < 1.29 is 28.8 Å². The third-order valence-electron chi connectivity index (χ3n) is 15.8. The Balaban J connectivity index is 1.12. The minimum atomic E-state index is -0.243. The maximum absolute atomic E-state index is 13.3. The number of hydrogen-bond acceptors (Lipinski definition) is 12. The zero-order valence-corrected chi connectivity index (χ0v) is 54.7. The monoisotopic (exact) mass is 1190 g/mol. The lowest BCUT2D eigenvalue weighted by molar-refractivity contribution is 0.169. The number of amides is 6. The molecule has 0 saturated heterocycles. The van der Waals surface area contributed by atoms with Crippen LogP contribution in [0.5, 0.6) is 0 Å². The summed E-state index contributed by atoms with van der Waals surface area (Å²) in [6.07, 6.45) is 23.0. The van der Waals surface area contributed by atoms with Gasteiger partial charge in [-0.15, -0.1) is 0 Å². The molecule has 0 heterocycles. The van der Waals surface area contributed by atoms with Gasteiger partial charge in [0.15, 0.2) is 0 Å². The van der Waals surface area contributed by atoms with Crippen LogP contribution in [0.1, 0.15) is 218 Å². The maximum atomic E-state index is 13.3. The number of carbonyl (C=O) groups excluding carboxylic acids is 6. The van der Waals surface area contributed by atoms with Crippen molar-refractivity contribution in [3.63, 3.8) is 0 Å². The molecule has 77 heavy (non-hydrogen) atoms. The molecule has 4 fully saturated rings. The number of nitrogens with one attached hydrogen (secondary N) is 6. The average molecular weight is 1190 g/mol. The van der Waals surface area contributed by atoms with Crippen LogP contribution in [0.4, 0.5) is 28.8 Å². The van der Waals surface area contributed by atoms with Crippen molar-refractivity contribution in [1.29, 1.82) is 0 Å². The van der Waals surface area contributed by atoms with Crippen LogP contribution in [0, 0.1) is 47.3 Å². The first kappa shape index (κ1) is 68.4. The van der Waals surface area contributed by atoms with Crippen molar-refractivity contribution in [2.75, 3.05) is 34.5 Å². The molecule has 6 atom stereocenters. The second-order valence-corrected chi connectivity index (χ2v) is 33.8. The smallest absolute Gasteiger partial charge is 0.279 e. The van der Waals surface area contributed by atoms with E-state index in [1.54, 1.807) is 0 Å². The summed E-state index contributed by atoms with van der Waals surface area (Å²) in [7, 11) is 0. The molecule has 0 aromatic rings. The van der Waals surface area contributed by atoms with E-state index in [4.69, 9.17) is 0 Å². The molecule has 12 nitrogen and oxygen atoms in total. The fourth-order valence-electron chi connectivity index (χ4n) is 12.0. The first-order valence-corrected chi connectivity index (χ1v) is 35.6. The second kappa shape index (κ2) is 33.9. The van der Waals surface area contributed by atoms with E-state index in [9.17, 15) is 28.8 Å². The Hall–Kier alpha value is -1.08. The number of rotatable bonds is 22. The fraction of sp³-hybridized carbons (Fsp3) is 0.898. The highest BCUT2D eigenvalue weighted by molar-refractivity contribution is 8.14. The van der Waals surface area contributed by atoms with Crippen LogP contribution < -0.4 is 31.9 Å². The highest BCUT2D eigenvalue weighted by atomic mass is 32.2. The van der Waals surface area contributed by atoms with Gasteiger partial charge in [-0.1, -0.05) is 83.4 Å². The van der Waals surface area contributed by atoms with Gasteiger partial charge in [0.25, 0.3) is 31.4 Å². The highest BCUT2D eigenvalue weighted by Crippen LogP contribution is 2.43. The number of thioether (sulfide) groups is 6. The SMILES string of the molecule is CC(C)(C)NC(=O)SCCC1CCC(CCSC(=O)NC(C)(C)C)C(CCSC(=O)NC2CCC(CC3CCC(NC(=O)SCCC4CC(CCSC(=O)NC(C)(C)C)CCC4CCSC(=O)NC(C)(C)C)CC3)CC2)C1. The topological polar surface area (TPSA) is 175 Å². The van der Waals surface area contributed by atoms with Gasteiger partial charge in [0.2, 0.25) is 0 Å². The molecule has 6 unspecified atom stereocenters. The highest BCUT2D eigenvalue weighted by Gasteiger charge is 2.34. The van der Waals surface area contributed by atoms with E-state index < -0.39 is 0 Å². The van der Waals surface area contributed by atoms with E-state index in [-0.39, 0.29) is 65.7 Å². The molecular formula is C59H106N6O6S6. The largest absolute Gasteiger partial charge is 0.344 e. The van der Waals surface area contributed by atoms with Gasteiger partial charge in [-0.05, 0) is 252 Å². The summed E-state index contributed by atoms with van der Waals surface area (Å²) in [6, 6.07) is 0.498. The molecule has 4 aliphatic rings. The molecule has 18 heteroatoms. The van der Waals surface area contributed by atoms with Crippen molar-refractivity contribution >= 4 is 102 Å². The van der Waals surface area contributed by atoms with Crippen LogP contribution in [0.15, 0.2) is 0 Å². The molecule has 6 amide bonds. The normalized spacial score (nSPS) is 26.5. The van der Waals surface area contributed by atoms with Crippen LogP contribution in [0.2, 0.25) is 0 Å². The molecule has 0 aromatic heterocycles. The van der Waals surface area contributed by atoms with Crippen LogP contribution >= 0.6 is 70.6 Å². The molecule has 4 rings (SSSR count). The third kappa shape index (κ3) is 31.2. The van der Waals surface area contributed by atoms with E-state index in [0.29, 0.717) is 47.3 Å². The van der Waals surface area contributed by atoms with E-state index in [2.05, 4.69) is 31.9 Å². The summed E-state index contributed by atoms with van der Waals surface area (Å²) in [5, 5.41) is 19.4. The quantitative estimate of drug-likeness (QED) is 0.0606. The van der Waals surface area contributed by atoms with Crippen molar-refractivity contribution in [3.05, 3.63) is 0 Å². The Morgan fingerprint density at radius 3 is 0.844 bits per heavy atom. The van der Waals surface area contributed by atoms with E-state index >= 15 is 0 Å². The Labute approximate surface area is 493 Å². The van der Waals surface area contributed by atoms with E-state index in [1.807, 2.05) is 83.1 Å². The molecular weight excluding hydrogens is 1080 g/mol. The van der Waals surface area contributed by atoms with Gasteiger partial charge in [-0.3, -0.25) is 28.8 Å². The molecule has 6 N–H and O–H groups in total. The molecule has 444 valence electrons. The summed E-state index contributed by atoms with van der Waals surface area (Å²) in [5.74, 6) is 9.58. The zero-order chi connectivity index (χ0) is 56.8. The van der Waals surface area contributed by atoms with Crippen molar-refractivity contribution in [2.45, 2.75) is 252 Å². The summed E-state index contributed by atoms with van der Waals surface area (Å²) in [4.78, 5) is 76.6. The first-order chi connectivity index (χ1) is 36.1. The second-order valence-electron chi connectivity index (χ2n) is 27.4. The summed E-state index contributed by atoms with van der Waals surface area (Å²) in [5.41, 5.74) is -0.949. The first-order valence-electron chi connectivity index (χ1n) is 29.7. The van der Waals surface area contributed by atoms with Crippen LogP contribution in [-0.4, -0.2) is 100 Å². The zero-order valence-electron chi connectivity index (χ0n) is 49.8. The van der Waals surface area contributed by atoms with Crippen LogP contribution in [-0.2, 0) is 0 Å². The minimum Gasteiger partial charge on any atom is -0.344 e. The molecule has 0 aromatic carbocycles. The Morgan fingerprint density at radius 2 is 0.558 bits per heavy atom. The van der Waals surface area contributed by atoms with Gasteiger partial charge in [0.1, 0.15) is 0 Å². The predicted molar refractivity (Wildman–Crippen MR) is 337 cm³/mol. The average Bonchev–Trinajstić information content (AvgIpc) is 3.29. The standard InChI is InChI=1S/C59H106N6O6S6/c1-56(2,3)62-52(68)74-31-25-42-13-19-44(27-33-76-54(70)64-58(7,8)9)46(38-42)29-35-72-50(66)60-48-21-15-40(16-22-48)37-41-17-23-49(24-18-41)61-51(67)73-36-30-47-39-43(26-32-75-53(69)63-57(4,5)6)14-20-45(47)28-34-77-55(71)65-59(10,11)12/h40-49H,13-39H2,1-12H3,(H,60,66)(H,61,67)(H,62,68)(H,63,69)(H,64,70)(H,65,71). The lowest BCUT2D eigenvalue weighted by Gasteiger charge is -2.36. The lowest BCUT2D eigenvalue weighted by atomic mass is 9.71. The Morgan fingerprint density at radius 1 is 0.312 bits per heavy atom. The predicted octanol–water partition coefficient (Wildman–Crippen LogP) is 16.8. The fourth-order valence-corrected chi connectivity index (χ4v) is 17.7. The number of hydrogen-bond donors (Lipinski definition) is 6. The third-order valence-corrected chi connectivity index (χ3v) is 20.7. The van der Waals surface area contributed by atoms with E-state index in [0.717, 1.165) is 163 Å². The Kier molecular flexibility index (Phi) is 30.1.